The van der Waals surface area contributed by atoms with Gasteiger partial charge in [-0.25, -0.2) is 0 Å². The third-order valence-electron chi connectivity index (χ3n) is 7.90. The number of nitrogens with zero attached hydrogens (tertiary/aromatic N) is 3. The molecule has 1 aromatic rings. The molecule has 12 heteroatoms. The lowest BCUT2D eigenvalue weighted by atomic mass is 9.58. The number of rotatable bonds is 6. The van der Waals surface area contributed by atoms with Crippen LogP contribution < -0.4 is 10.6 Å². The third kappa shape index (κ3) is 3.97. The van der Waals surface area contributed by atoms with Crippen LogP contribution >= 0.6 is 0 Å². The predicted molar refractivity (Wildman–Crippen MR) is 142 cm³/mol. The highest BCUT2D eigenvalue weighted by Crippen LogP contribution is 2.53. The number of phenols is 1. The molecule has 1 amide bonds. The first-order valence-corrected chi connectivity index (χ1v) is 12.6. The SMILES string of the molecule is CCON=C(C)c1cc(N(C)C)c2c(c1O)C(=O)C1=C(O)[C@]3(O)C(=O)C(C(N)=O)=C(O)[C@@H](N(C)C)[C@@H]3C[C@@H]1C2. The summed E-state index contributed by atoms with van der Waals surface area (Å²) in [5.41, 5.74) is 3.28. The Bertz CT molecular complexity index is 1380. The number of aliphatic hydroxyl groups is 3. The lowest BCUT2D eigenvalue weighted by Crippen LogP contribution is -2.63. The molecular weight excluding hydrogens is 508 g/mol. The van der Waals surface area contributed by atoms with Crippen molar-refractivity contribution in [2.75, 3.05) is 39.7 Å². The summed E-state index contributed by atoms with van der Waals surface area (Å²) in [4.78, 5) is 48.0. The van der Waals surface area contributed by atoms with Gasteiger partial charge < -0.3 is 35.9 Å². The Kier molecular flexibility index (Phi) is 6.98. The number of benzene rings is 1. The molecule has 0 saturated carbocycles. The van der Waals surface area contributed by atoms with Crippen LogP contribution in [0.2, 0.25) is 0 Å². The second-order valence-electron chi connectivity index (χ2n) is 10.6. The molecule has 3 aliphatic rings. The average Bonchev–Trinajstić information content (AvgIpc) is 2.84. The summed E-state index contributed by atoms with van der Waals surface area (Å²) >= 11 is 0. The molecule has 0 unspecified atom stereocenters. The fourth-order valence-electron chi connectivity index (χ4n) is 6.18. The van der Waals surface area contributed by atoms with Gasteiger partial charge in [0.2, 0.25) is 5.78 Å². The van der Waals surface area contributed by atoms with Gasteiger partial charge in [0.25, 0.3) is 5.91 Å². The number of ketones is 2. The summed E-state index contributed by atoms with van der Waals surface area (Å²) in [6.45, 7) is 3.66. The highest BCUT2D eigenvalue weighted by Gasteiger charge is 2.63. The van der Waals surface area contributed by atoms with Crippen molar-refractivity contribution in [1.82, 2.24) is 4.90 Å². The van der Waals surface area contributed by atoms with E-state index < -0.39 is 58.0 Å². The van der Waals surface area contributed by atoms with Gasteiger partial charge in [0.15, 0.2) is 11.4 Å². The summed E-state index contributed by atoms with van der Waals surface area (Å²) in [5, 5.41) is 49.3. The first-order valence-electron chi connectivity index (χ1n) is 12.6. The summed E-state index contributed by atoms with van der Waals surface area (Å²) in [5.74, 6) is -6.91. The first kappa shape index (κ1) is 28.1. The summed E-state index contributed by atoms with van der Waals surface area (Å²) in [6, 6.07) is 0.657. The van der Waals surface area contributed by atoms with E-state index in [0.29, 0.717) is 23.6 Å². The Hall–Kier alpha value is -3.90. The number of phenolic OH excluding ortho intramolecular Hbond substituents is 1. The quantitative estimate of drug-likeness (QED) is 0.197. The van der Waals surface area contributed by atoms with Crippen LogP contribution in [-0.2, 0) is 20.8 Å². The molecule has 0 bridgehead atoms. The zero-order valence-corrected chi connectivity index (χ0v) is 22.8. The van der Waals surface area contributed by atoms with Crippen LogP contribution in [0.4, 0.5) is 5.69 Å². The lowest BCUT2D eigenvalue weighted by Gasteiger charge is -2.50. The van der Waals surface area contributed by atoms with Gasteiger partial charge in [-0.15, -0.1) is 0 Å². The van der Waals surface area contributed by atoms with Crippen LogP contribution in [0.15, 0.2) is 33.9 Å². The largest absolute Gasteiger partial charge is 0.510 e. The molecule has 0 aliphatic heterocycles. The van der Waals surface area contributed by atoms with Crippen molar-refractivity contribution in [2.24, 2.45) is 22.7 Å². The standard InChI is InChI=1S/C27H34N4O8/c1-7-39-29-11(2)13-10-16(30(3)4)14-8-12-9-15-20(31(5)6)23(34)19(26(28)37)25(36)27(15,38)24(35)17(12)22(33)18(14)21(13)32/h10,12,15,20,32,34-35,38H,7-9H2,1-6H3,(H2,28,37)/t12-,15-,20-,27-/m0/s1. The second-order valence-corrected chi connectivity index (χ2v) is 10.6. The molecule has 1 aromatic carbocycles. The minimum atomic E-state index is -2.69. The Morgan fingerprint density at radius 2 is 1.85 bits per heavy atom. The van der Waals surface area contributed by atoms with Gasteiger partial charge in [-0.1, -0.05) is 5.16 Å². The van der Waals surface area contributed by atoms with Crippen LogP contribution in [-0.4, -0.2) is 95.0 Å². The number of aliphatic hydroxyl groups excluding tert-OH is 2. The van der Waals surface area contributed by atoms with E-state index in [9.17, 15) is 34.8 Å². The van der Waals surface area contributed by atoms with E-state index in [0.717, 1.165) is 0 Å². The molecule has 0 radical (unpaired) electrons. The average molecular weight is 543 g/mol. The number of anilines is 1. The Labute approximate surface area is 225 Å². The molecular formula is C27H34N4O8. The molecule has 12 nitrogen and oxygen atoms in total. The number of hydrogen-bond donors (Lipinski definition) is 5. The summed E-state index contributed by atoms with van der Waals surface area (Å²) in [6.07, 6.45) is 0.212. The third-order valence-corrected chi connectivity index (χ3v) is 7.90. The number of aromatic hydroxyl groups is 1. The van der Waals surface area contributed by atoms with Crippen molar-refractivity contribution in [3.63, 3.8) is 0 Å². The Morgan fingerprint density at radius 1 is 1.21 bits per heavy atom. The van der Waals surface area contributed by atoms with Crippen LogP contribution in [0.1, 0.15) is 41.8 Å². The molecule has 6 N–H and O–H groups in total. The Morgan fingerprint density at radius 3 is 2.38 bits per heavy atom. The van der Waals surface area contributed by atoms with Gasteiger partial charge >= 0.3 is 0 Å². The van der Waals surface area contributed by atoms with Gasteiger partial charge in [-0.05, 0) is 58.3 Å². The second kappa shape index (κ2) is 9.69. The maximum Gasteiger partial charge on any atom is 0.255 e. The van der Waals surface area contributed by atoms with E-state index >= 15 is 0 Å². The van der Waals surface area contributed by atoms with Crippen molar-refractivity contribution in [3.05, 3.63) is 45.4 Å². The maximum absolute atomic E-state index is 14.0. The number of allylic oxidation sites excluding steroid dienone is 1. The lowest BCUT2D eigenvalue weighted by molar-refractivity contribution is -0.148. The number of hydrogen-bond acceptors (Lipinski definition) is 11. The van der Waals surface area contributed by atoms with E-state index in [4.69, 9.17) is 10.6 Å². The maximum atomic E-state index is 14.0. The minimum Gasteiger partial charge on any atom is -0.510 e. The first-order chi connectivity index (χ1) is 18.2. The van der Waals surface area contributed by atoms with E-state index in [2.05, 4.69) is 5.16 Å². The number of oxime groups is 1. The van der Waals surface area contributed by atoms with Gasteiger partial charge in [0, 0.05) is 36.8 Å². The number of Topliss-reactive ketones (excluding diaryl/α,β-unsaturated/α-hetero) is 2. The molecule has 0 spiro atoms. The van der Waals surface area contributed by atoms with Gasteiger partial charge in [0.1, 0.15) is 29.4 Å². The highest BCUT2D eigenvalue weighted by atomic mass is 16.6. The van der Waals surface area contributed by atoms with Crippen molar-refractivity contribution in [2.45, 2.75) is 38.3 Å². The molecule has 0 aromatic heterocycles. The number of carbonyl (C=O) groups is 3. The van der Waals surface area contributed by atoms with E-state index in [1.165, 1.54) is 4.90 Å². The topological polar surface area (TPSA) is 186 Å². The molecule has 210 valence electrons. The van der Waals surface area contributed by atoms with Gasteiger partial charge in [-0.2, -0.15) is 0 Å². The predicted octanol–water partition coefficient (Wildman–Crippen LogP) is 0.947. The van der Waals surface area contributed by atoms with Gasteiger partial charge in [-0.3, -0.25) is 19.3 Å². The zero-order valence-electron chi connectivity index (χ0n) is 22.8. The highest BCUT2D eigenvalue weighted by molar-refractivity contribution is 6.25. The molecule has 0 saturated heterocycles. The van der Waals surface area contributed by atoms with Crippen LogP contribution in [0, 0.1) is 11.8 Å². The number of fused-ring (bicyclic) bond motifs is 3. The molecule has 4 rings (SSSR count). The van der Waals surface area contributed by atoms with Crippen molar-refractivity contribution >= 4 is 28.9 Å². The summed E-state index contributed by atoms with van der Waals surface area (Å²) in [7, 11) is 6.75. The molecule has 4 atom stereocenters. The van der Waals surface area contributed by atoms with E-state index in [1.807, 2.05) is 0 Å². The zero-order chi connectivity index (χ0) is 29.1. The molecule has 0 fully saturated rings. The van der Waals surface area contributed by atoms with E-state index in [-0.39, 0.29) is 35.3 Å². The fraction of sp³-hybridized carbons (Fsp3) is 0.481. The molecule has 0 heterocycles. The minimum absolute atomic E-state index is 0.0198. The summed E-state index contributed by atoms with van der Waals surface area (Å²) < 4.78 is 0. The molecule has 3 aliphatic carbocycles. The van der Waals surface area contributed by atoms with Crippen molar-refractivity contribution in [1.29, 1.82) is 0 Å². The monoisotopic (exact) mass is 542 g/mol. The van der Waals surface area contributed by atoms with Crippen molar-refractivity contribution in [3.8, 4) is 5.75 Å². The van der Waals surface area contributed by atoms with E-state index in [1.54, 1.807) is 53.0 Å². The number of likely N-dealkylation sites (N-methyl/N-ethyl adjacent to an activating group) is 1. The van der Waals surface area contributed by atoms with Crippen LogP contribution in [0.25, 0.3) is 0 Å². The van der Waals surface area contributed by atoms with Gasteiger partial charge in [0.05, 0.1) is 17.3 Å². The Balaban J connectivity index is 1.98. The fourth-order valence-corrected chi connectivity index (χ4v) is 6.18. The normalized spacial score (nSPS) is 26.9. The van der Waals surface area contributed by atoms with Crippen molar-refractivity contribution < 1.29 is 39.6 Å². The number of carbonyl (C=O) groups excluding carboxylic acids is 3. The van der Waals surface area contributed by atoms with Crippen LogP contribution in [0.5, 0.6) is 5.75 Å². The number of nitrogens with two attached hydrogens (primary N) is 1. The number of amides is 1. The smallest absolute Gasteiger partial charge is 0.255 e. The molecule has 39 heavy (non-hydrogen) atoms. The number of primary amides is 1. The van der Waals surface area contributed by atoms with Crippen LogP contribution in [0.3, 0.4) is 0 Å².